The molecule has 0 N–H and O–H groups in total. The summed E-state index contributed by atoms with van der Waals surface area (Å²) in [5, 5.41) is 8.43. The third kappa shape index (κ3) is 3.15. The molecular weight excluding hydrogens is 340 g/mol. The highest BCUT2D eigenvalue weighted by molar-refractivity contribution is 5.46. The van der Waals surface area contributed by atoms with E-state index in [-0.39, 0.29) is 6.10 Å². The van der Waals surface area contributed by atoms with Gasteiger partial charge in [0.2, 0.25) is 0 Å². The largest absolute Gasteiger partial charge is 0.493 e. The highest BCUT2D eigenvalue weighted by atomic mass is 16.5. The summed E-state index contributed by atoms with van der Waals surface area (Å²) in [6.45, 7) is 6.36. The molecule has 144 valence electrons. The molecule has 2 unspecified atom stereocenters. The van der Waals surface area contributed by atoms with E-state index in [0.29, 0.717) is 6.04 Å². The number of hydrogen-bond donors (Lipinski definition) is 0. The van der Waals surface area contributed by atoms with E-state index < -0.39 is 0 Å². The van der Waals surface area contributed by atoms with Gasteiger partial charge in [0.15, 0.2) is 5.82 Å². The Balaban J connectivity index is 1.44. The molecule has 1 aliphatic carbocycles. The second-order valence-electron chi connectivity index (χ2n) is 7.85. The predicted molar refractivity (Wildman–Crippen MR) is 102 cm³/mol. The number of benzene rings is 1. The Kier molecular flexibility index (Phi) is 4.61. The van der Waals surface area contributed by atoms with E-state index in [1.165, 1.54) is 36.0 Å². The first-order valence-electron chi connectivity index (χ1n) is 10.4. The van der Waals surface area contributed by atoms with Gasteiger partial charge in [-0.05, 0) is 56.2 Å². The molecule has 6 nitrogen and oxygen atoms in total. The van der Waals surface area contributed by atoms with E-state index in [0.717, 1.165) is 57.3 Å². The van der Waals surface area contributed by atoms with Gasteiger partial charge in [-0.1, -0.05) is 6.07 Å². The average Bonchev–Trinajstić information content (AvgIpc) is 3.31. The van der Waals surface area contributed by atoms with Crippen LogP contribution < -0.4 is 4.74 Å². The average molecular weight is 368 g/mol. The lowest BCUT2D eigenvalue weighted by molar-refractivity contribution is -0.0521. The summed E-state index contributed by atoms with van der Waals surface area (Å²) < 4.78 is 14.3. The lowest BCUT2D eigenvalue weighted by Gasteiger charge is -2.38. The maximum absolute atomic E-state index is 6.15. The number of fused-ring (bicyclic) bond motifs is 2. The molecule has 2 atom stereocenters. The van der Waals surface area contributed by atoms with Gasteiger partial charge in [0, 0.05) is 31.2 Å². The zero-order valence-electron chi connectivity index (χ0n) is 16.1. The van der Waals surface area contributed by atoms with Gasteiger partial charge in [-0.3, -0.25) is 4.90 Å². The first-order valence-corrected chi connectivity index (χ1v) is 10.4. The molecule has 1 aromatic heterocycles. The fourth-order valence-corrected chi connectivity index (χ4v) is 4.86. The zero-order chi connectivity index (χ0) is 18.2. The summed E-state index contributed by atoms with van der Waals surface area (Å²) in [5.41, 5.74) is 4.40. The van der Waals surface area contributed by atoms with Gasteiger partial charge >= 0.3 is 0 Å². The number of nitrogens with zero attached hydrogens (tertiary/aromatic N) is 4. The van der Waals surface area contributed by atoms with Crippen LogP contribution in [0.3, 0.4) is 0 Å². The van der Waals surface area contributed by atoms with Crippen LogP contribution in [0, 0.1) is 0 Å². The summed E-state index contributed by atoms with van der Waals surface area (Å²) >= 11 is 0. The summed E-state index contributed by atoms with van der Waals surface area (Å²) in [6, 6.07) is 5.16. The molecule has 3 aliphatic rings. The topological polar surface area (TPSA) is 52.4 Å². The third-order valence-electron chi connectivity index (χ3n) is 6.28. The number of hydrogen-bond acceptors (Lipinski definition) is 5. The minimum absolute atomic E-state index is 0.0109. The van der Waals surface area contributed by atoms with Crippen molar-refractivity contribution >= 4 is 0 Å². The van der Waals surface area contributed by atoms with E-state index in [1.807, 2.05) is 0 Å². The van der Waals surface area contributed by atoms with Crippen molar-refractivity contribution in [1.82, 2.24) is 19.7 Å². The van der Waals surface area contributed by atoms with Crippen LogP contribution in [-0.2, 0) is 24.1 Å². The third-order valence-corrected chi connectivity index (χ3v) is 6.28. The summed E-state index contributed by atoms with van der Waals surface area (Å²) in [6.07, 6.45) is 7.70. The number of rotatable bonds is 3. The Morgan fingerprint density at radius 2 is 2.04 bits per heavy atom. The lowest BCUT2D eigenvalue weighted by atomic mass is 9.95. The summed E-state index contributed by atoms with van der Waals surface area (Å²) in [7, 11) is 0. The smallest absolute Gasteiger partial charge is 0.163 e. The molecule has 3 heterocycles. The van der Waals surface area contributed by atoms with Crippen LogP contribution >= 0.6 is 0 Å². The molecule has 0 radical (unpaired) electrons. The summed E-state index contributed by atoms with van der Waals surface area (Å²) in [5.74, 6) is 2.05. The fourth-order valence-electron chi connectivity index (χ4n) is 4.86. The van der Waals surface area contributed by atoms with Crippen molar-refractivity contribution in [2.24, 2.45) is 0 Å². The number of morpholine rings is 1. The Bertz CT molecular complexity index is 819. The Labute approximate surface area is 160 Å². The van der Waals surface area contributed by atoms with Gasteiger partial charge in [-0.15, -0.1) is 10.2 Å². The van der Waals surface area contributed by atoms with Crippen LogP contribution in [0.25, 0.3) is 0 Å². The van der Waals surface area contributed by atoms with Gasteiger partial charge < -0.3 is 14.0 Å². The van der Waals surface area contributed by atoms with Crippen molar-refractivity contribution in [2.75, 3.05) is 26.3 Å². The molecule has 0 saturated carbocycles. The molecule has 6 heteroatoms. The second-order valence-corrected chi connectivity index (χ2v) is 7.85. The number of ether oxygens (including phenoxy) is 2. The van der Waals surface area contributed by atoms with E-state index in [4.69, 9.17) is 9.47 Å². The van der Waals surface area contributed by atoms with Crippen LogP contribution in [0.5, 0.6) is 5.75 Å². The molecule has 27 heavy (non-hydrogen) atoms. The van der Waals surface area contributed by atoms with E-state index in [1.54, 1.807) is 6.33 Å². The van der Waals surface area contributed by atoms with Crippen LogP contribution in [0.15, 0.2) is 18.5 Å². The van der Waals surface area contributed by atoms with E-state index in [9.17, 15) is 0 Å². The molecule has 0 bridgehead atoms. The fraction of sp³-hybridized carbons (Fsp3) is 0.619. The molecule has 2 aromatic rings. The van der Waals surface area contributed by atoms with Gasteiger partial charge in [0.05, 0.1) is 13.2 Å². The molecule has 1 aromatic carbocycles. The van der Waals surface area contributed by atoms with Crippen molar-refractivity contribution in [3.63, 3.8) is 0 Å². The van der Waals surface area contributed by atoms with Gasteiger partial charge in [0.1, 0.15) is 18.2 Å². The maximum Gasteiger partial charge on any atom is 0.163 e. The maximum atomic E-state index is 6.15. The minimum Gasteiger partial charge on any atom is -0.493 e. The standard InChI is InChI=1S/C21H28N4O2/c1-2-24-14-22-23-21(24)20-13-25(8-10-27-20)18-7-4-9-26-19-12-16-6-3-5-15(16)11-17(18)19/h11-12,14,18,20H,2-10,13H2,1H3. The quantitative estimate of drug-likeness (QED) is 0.833. The Morgan fingerprint density at radius 3 is 2.93 bits per heavy atom. The first-order chi connectivity index (χ1) is 13.3. The zero-order valence-corrected chi connectivity index (χ0v) is 16.1. The van der Waals surface area contributed by atoms with Crippen LogP contribution in [0.2, 0.25) is 0 Å². The molecular formula is C21H28N4O2. The lowest BCUT2D eigenvalue weighted by Crippen LogP contribution is -2.41. The van der Waals surface area contributed by atoms with Crippen LogP contribution in [0.4, 0.5) is 0 Å². The molecule has 5 rings (SSSR count). The van der Waals surface area contributed by atoms with Crippen molar-refractivity contribution in [3.05, 3.63) is 41.0 Å². The highest BCUT2D eigenvalue weighted by Crippen LogP contribution is 2.40. The van der Waals surface area contributed by atoms with Crippen molar-refractivity contribution in [3.8, 4) is 5.75 Å². The predicted octanol–water partition coefficient (Wildman–Crippen LogP) is 3.07. The number of aromatic nitrogens is 3. The molecule has 0 amide bonds. The van der Waals surface area contributed by atoms with E-state index in [2.05, 4.69) is 38.7 Å². The van der Waals surface area contributed by atoms with E-state index >= 15 is 0 Å². The molecule has 2 aliphatic heterocycles. The van der Waals surface area contributed by atoms with Crippen molar-refractivity contribution in [2.45, 2.75) is 57.7 Å². The second kappa shape index (κ2) is 7.24. The molecule has 1 saturated heterocycles. The van der Waals surface area contributed by atoms with Gasteiger partial charge in [0.25, 0.3) is 0 Å². The SMILES string of the molecule is CCn1cnnc1C1CN(C2CCCOc3cc4c(cc32)CCC4)CCO1. The van der Waals surface area contributed by atoms with Crippen molar-refractivity contribution < 1.29 is 9.47 Å². The normalized spacial score (nSPS) is 25.5. The van der Waals surface area contributed by atoms with Gasteiger partial charge in [-0.2, -0.15) is 0 Å². The first kappa shape index (κ1) is 17.2. The molecule has 0 spiro atoms. The van der Waals surface area contributed by atoms with Gasteiger partial charge in [-0.25, -0.2) is 0 Å². The van der Waals surface area contributed by atoms with Crippen LogP contribution in [0.1, 0.15) is 60.8 Å². The summed E-state index contributed by atoms with van der Waals surface area (Å²) in [4.78, 5) is 2.58. The van der Waals surface area contributed by atoms with Crippen LogP contribution in [-0.4, -0.2) is 46.0 Å². The number of aryl methyl sites for hydroxylation is 3. The monoisotopic (exact) mass is 368 g/mol. The Morgan fingerprint density at radius 1 is 1.15 bits per heavy atom. The molecule has 1 fully saturated rings. The van der Waals surface area contributed by atoms with Crippen molar-refractivity contribution in [1.29, 1.82) is 0 Å². The highest BCUT2D eigenvalue weighted by Gasteiger charge is 2.33. The Hall–Kier alpha value is -1.92. The minimum atomic E-state index is -0.0109.